The molecule has 0 aliphatic heterocycles. The third-order valence-corrected chi connectivity index (χ3v) is 4.45. The monoisotopic (exact) mass is 378 g/mol. The van der Waals surface area contributed by atoms with Gasteiger partial charge in [-0.2, -0.15) is 4.98 Å². The number of H-pyrrole nitrogens is 1. The molecule has 0 aliphatic rings. The predicted molar refractivity (Wildman–Crippen MR) is 107 cm³/mol. The SMILES string of the molecule is COc1ccc(Nc2nc3nccc(-c4ccccc4Cl)c3c(=O)[nH]2)cc1. The van der Waals surface area contributed by atoms with Gasteiger partial charge in [0.15, 0.2) is 5.65 Å². The van der Waals surface area contributed by atoms with Crippen LogP contribution in [0.15, 0.2) is 65.6 Å². The number of rotatable bonds is 4. The van der Waals surface area contributed by atoms with Gasteiger partial charge >= 0.3 is 0 Å². The minimum atomic E-state index is -0.293. The standard InChI is InChI=1S/C20H15ClN4O2/c1-27-13-8-6-12(7-9-13)23-20-24-18-17(19(26)25-20)15(10-11-22-18)14-4-2-3-5-16(14)21/h2-11H,1H3,(H2,22,23,24,25,26). The Hall–Kier alpha value is -3.38. The molecule has 134 valence electrons. The number of pyridine rings is 1. The van der Waals surface area contributed by atoms with Gasteiger partial charge in [0.25, 0.3) is 5.56 Å². The second-order valence-corrected chi connectivity index (χ2v) is 6.21. The number of nitrogens with one attached hydrogen (secondary N) is 2. The van der Waals surface area contributed by atoms with E-state index >= 15 is 0 Å². The Bertz CT molecular complexity index is 1170. The molecule has 4 rings (SSSR count). The van der Waals surface area contributed by atoms with Crippen LogP contribution in [0.1, 0.15) is 0 Å². The Labute approximate surface area is 159 Å². The van der Waals surface area contributed by atoms with E-state index in [2.05, 4.69) is 20.3 Å². The molecule has 4 aromatic rings. The van der Waals surface area contributed by atoms with Gasteiger partial charge in [0.05, 0.1) is 12.5 Å². The lowest BCUT2D eigenvalue weighted by Crippen LogP contribution is -2.13. The van der Waals surface area contributed by atoms with Crippen LogP contribution in [0.25, 0.3) is 22.2 Å². The van der Waals surface area contributed by atoms with Crippen LogP contribution in [-0.2, 0) is 0 Å². The highest BCUT2D eigenvalue weighted by atomic mass is 35.5. The van der Waals surface area contributed by atoms with Gasteiger partial charge in [-0.3, -0.25) is 9.78 Å². The number of aromatic nitrogens is 3. The zero-order valence-corrected chi connectivity index (χ0v) is 15.1. The fraction of sp³-hybridized carbons (Fsp3) is 0.0500. The van der Waals surface area contributed by atoms with Crippen molar-refractivity contribution in [3.63, 3.8) is 0 Å². The molecule has 2 heterocycles. The first-order valence-electron chi connectivity index (χ1n) is 8.21. The summed E-state index contributed by atoms with van der Waals surface area (Å²) in [4.78, 5) is 24.2. The van der Waals surface area contributed by atoms with Crippen LogP contribution in [0.5, 0.6) is 5.75 Å². The van der Waals surface area contributed by atoms with Crippen molar-refractivity contribution in [1.82, 2.24) is 15.0 Å². The van der Waals surface area contributed by atoms with Crippen LogP contribution in [0, 0.1) is 0 Å². The fourth-order valence-electron chi connectivity index (χ4n) is 2.84. The van der Waals surface area contributed by atoms with E-state index < -0.39 is 0 Å². The third-order valence-electron chi connectivity index (χ3n) is 4.12. The van der Waals surface area contributed by atoms with Crippen LogP contribution in [0.2, 0.25) is 5.02 Å². The molecule has 0 fully saturated rings. The van der Waals surface area contributed by atoms with E-state index in [-0.39, 0.29) is 5.56 Å². The second kappa shape index (κ2) is 7.09. The van der Waals surface area contributed by atoms with Crippen molar-refractivity contribution < 1.29 is 4.74 Å². The lowest BCUT2D eigenvalue weighted by atomic mass is 10.0. The van der Waals surface area contributed by atoms with Crippen molar-refractivity contribution in [2.45, 2.75) is 0 Å². The van der Waals surface area contributed by atoms with Crippen molar-refractivity contribution in [2.75, 3.05) is 12.4 Å². The molecule has 0 unspecified atom stereocenters. The maximum absolute atomic E-state index is 12.8. The number of aromatic amines is 1. The number of ether oxygens (including phenoxy) is 1. The number of fused-ring (bicyclic) bond motifs is 1. The number of hydrogen-bond acceptors (Lipinski definition) is 5. The first kappa shape index (κ1) is 17.1. The molecule has 0 bridgehead atoms. The molecule has 0 saturated heterocycles. The quantitative estimate of drug-likeness (QED) is 0.550. The summed E-state index contributed by atoms with van der Waals surface area (Å²) < 4.78 is 5.14. The van der Waals surface area contributed by atoms with Crippen LogP contribution in [0.3, 0.4) is 0 Å². The maximum atomic E-state index is 12.8. The normalized spacial score (nSPS) is 10.7. The molecular formula is C20H15ClN4O2. The van der Waals surface area contributed by atoms with Gasteiger partial charge in [-0.05, 0) is 36.4 Å². The molecular weight excluding hydrogens is 364 g/mol. The summed E-state index contributed by atoms with van der Waals surface area (Å²) in [6.07, 6.45) is 1.62. The highest BCUT2D eigenvalue weighted by Crippen LogP contribution is 2.30. The fourth-order valence-corrected chi connectivity index (χ4v) is 3.08. The maximum Gasteiger partial charge on any atom is 0.262 e. The summed E-state index contributed by atoms with van der Waals surface area (Å²) in [7, 11) is 1.60. The van der Waals surface area contributed by atoms with E-state index in [4.69, 9.17) is 16.3 Å². The van der Waals surface area contributed by atoms with Gasteiger partial charge in [0.1, 0.15) is 5.75 Å². The largest absolute Gasteiger partial charge is 0.497 e. The molecule has 7 heteroatoms. The molecule has 2 aromatic carbocycles. The Kier molecular flexibility index (Phi) is 4.48. The predicted octanol–water partition coefficient (Wildman–Crippen LogP) is 4.39. The van der Waals surface area contributed by atoms with E-state index in [9.17, 15) is 4.79 Å². The second-order valence-electron chi connectivity index (χ2n) is 5.81. The lowest BCUT2D eigenvalue weighted by Gasteiger charge is -2.10. The summed E-state index contributed by atoms with van der Waals surface area (Å²) in [6, 6.07) is 16.4. The van der Waals surface area contributed by atoms with Crippen LogP contribution >= 0.6 is 11.6 Å². The smallest absolute Gasteiger partial charge is 0.262 e. The van der Waals surface area contributed by atoms with E-state index in [0.29, 0.717) is 27.6 Å². The zero-order valence-electron chi connectivity index (χ0n) is 14.4. The summed E-state index contributed by atoms with van der Waals surface area (Å²) >= 11 is 6.30. The number of anilines is 2. The van der Waals surface area contributed by atoms with E-state index in [1.54, 1.807) is 25.4 Å². The molecule has 0 radical (unpaired) electrons. The summed E-state index contributed by atoms with van der Waals surface area (Å²) in [5, 5.41) is 4.02. The number of hydrogen-bond donors (Lipinski definition) is 2. The number of nitrogens with zero attached hydrogens (tertiary/aromatic N) is 2. The first-order chi connectivity index (χ1) is 13.2. The topological polar surface area (TPSA) is 79.9 Å². The molecule has 2 aromatic heterocycles. The average Bonchev–Trinajstić information content (AvgIpc) is 2.68. The van der Waals surface area contributed by atoms with E-state index in [1.807, 2.05) is 42.5 Å². The van der Waals surface area contributed by atoms with Crippen molar-refractivity contribution in [3.8, 4) is 16.9 Å². The Morgan fingerprint density at radius 1 is 1.04 bits per heavy atom. The van der Waals surface area contributed by atoms with Crippen LogP contribution in [0.4, 0.5) is 11.6 Å². The summed E-state index contributed by atoms with van der Waals surface area (Å²) in [5.74, 6) is 1.05. The minimum Gasteiger partial charge on any atom is -0.497 e. The zero-order chi connectivity index (χ0) is 18.8. The van der Waals surface area contributed by atoms with Crippen molar-refractivity contribution in [1.29, 1.82) is 0 Å². The van der Waals surface area contributed by atoms with Gasteiger partial charge in [0.2, 0.25) is 5.95 Å². The van der Waals surface area contributed by atoms with E-state index in [0.717, 1.165) is 17.0 Å². The lowest BCUT2D eigenvalue weighted by molar-refractivity contribution is 0.415. The highest BCUT2D eigenvalue weighted by molar-refractivity contribution is 6.33. The van der Waals surface area contributed by atoms with Crippen molar-refractivity contribution in [3.05, 3.63) is 76.2 Å². The van der Waals surface area contributed by atoms with Gasteiger partial charge < -0.3 is 10.1 Å². The summed E-state index contributed by atoms with van der Waals surface area (Å²) in [6.45, 7) is 0. The van der Waals surface area contributed by atoms with Gasteiger partial charge in [0, 0.05) is 28.0 Å². The number of benzene rings is 2. The average molecular weight is 379 g/mol. The summed E-state index contributed by atoms with van der Waals surface area (Å²) in [5.41, 5.74) is 2.26. The minimum absolute atomic E-state index is 0.293. The van der Waals surface area contributed by atoms with Crippen LogP contribution in [-0.4, -0.2) is 22.1 Å². The molecule has 2 N–H and O–H groups in total. The Balaban J connectivity index is 1.78. The molecule has 0 aliphatic carbocycles. The molecule has 0 spiro atoms. The molecule has 0 amide bonds. The first-order valence-corrected chi connectivity index (χ1v) is 8.58. The van der Waals surface area contributed by atoms with Gasteiger partial charge in [-0.1, -0.05) is 29.8 Å². The van der Waals surface area contributed by atoms with E-state index in [1.165, 1.54) is 0 Å². The van der Waals surface area contributed by atoms with Crippen LogP contribution < -0.4 is 15.6 Å². The van der Waals surface area contributed by atoms with Gasteiger partial charge in [-0.25, -0.2) is 4.98 Å². The Morgan fingerprint density at radius 2 is 1.81 bits per heavy atom. The van der Waals surface area contributed by atoms with Gasteiger partial charge in [-0.15, -0.1) is 0 Å². The third kappa shape index (κ3) is 3.35. The molecule has 0 saturated carbocycles. The van der Waals surface area contributed by atoms with Crippen molar-refractivity contribution in [2.24, 2.45) is 0 Å². The number of methoxy groups -OCH3 is 1. The molecule has 0 atom stereocenters. The Morgan fingerprint density at radius 3 is 2.56 bits per heavy atom. The number of halogens is 1. The highest BCUT2D eigenvalue weighted by Gasteiger charge is 2.13. The molecule has 6 nitrogen and oxygen atoms in total. The van der Waals surface area contributed by atoms with Crippen molar-refractivity contribution >= 4 is 34.3 Å². The molecule has 27 heavy (non-hydrogen) atoms.